The molecule has 2 heteroatoms. The first-order valence-electron chi connectivity index (χ1n) is 5.91. The Hall–Kier alpha value is -1.18. The van der Waals surface area contributed by atoms with E-state index in [1.165, 1.54) is 36.2 Å². The minimum Gasteiger partial charge on any atom is -0.383 e. The zero-order valence-corrected chi connectivity index (χ0v) is 9.64. The lowest BCUT2D eigenvalue weighted by molar-refractivity contribution is 0.615. The molecule has 0 spiro atoms. The minimum absolute atomic E-state index is 0.630. The number of hydrogen-bond donors (Lipinski definition) is 2. The van der Waals surface area contributed by atoms with Crippen LogP contribution in [0.5, 0.6) is 0 Å². The molecule has 1 aliphatic heterocycles. The van der Waals surface area contributed by atoms with E-state index in [9.17, 15) is 0 Å². The molecule has 82 valence electrons. The molecule has 0 saturated heterocycles. The second kappa shape index (κ2) is 4.56. The van der Waals surface area contributed by atoms with Gasteiger partial charge in [-0.1, -0.05) is 25.5 Å². The van der Waals surface area contributed by atoms with E-state index in [0.717, 1.165) is 6.54 Å². The number of fused-ring (bicyclic) bond motifs is 1. The quantitative estimate of drug-likeness (QED) is 0.771. The molecule has 2 rings (SSSR count). The van der Waals surface area contributed by atoms with Crippen molar-refractivity contribution in [2.24, 2.45) is 0 Å². The third-order valence-electron chi connectivity index (χ3n) is 3.06. The van der Waals surface area contributed by atoms with Crippen molar-refractivity contribution in [3.63, 3.8) is 0 Å². The molecule has 1 aliphatic rings. The van der Waals surface area contributed by atoms with Gasteiger partial charge in [0.1, 0.15) is 0 Å². The van der Waals surface area contributed by atoms with Gasteiger partial charge in [-0.25, -0.2) is 0 Å². The average Bonchev–Trinajstić information content (AvgIpc) is 2.41. The van der Waals surface area contributed by atoms with Crippen LogP contribution in [0.25, 0.3) is 0 Å². The van der Waals surface area contributed by atoms with Gasteiger partial charge in [-0.2, -0.15) is 0 Å². The molecule has 1 aromatic carbocycles. The highest BCUT2D eigenvalue weighted by atomic mass is 15.0. The van der Waals surface area contributed by atoms with Gasteiger partial charge >= 0.3 is 0 Å². The Morgan fingerprint density at radius 3 is 3.07 bits per heavy atom. The fraction of sp³-hybridized carbons (Fsp3) is 0.538. The Morgan fingerprint density at radius 1 is 1.40 bits per heavy atom. The molecule has 0 radical (unpaired) electrons. The van der Waals surface area contributed by atoms with Gasteiger partial charge in [-0.15, -0.1) is 0 Å². The SMILES string of the molecule is CCCC1CCNc2c(C)cccc2N1. The number of nitrogens with one attached hydrogen (secondary N) is 2. The van der Waals surface area contributed by atoms with Crippen molar-refractivity contribution in [2.75, 3.05) is 17.2 Å². The number of rotatable bonds is 2. The van der Waals surface area contributed by atoms with Crippen LogP contribution in [0.2, 0.25) is 0 Å². The first kappa shape index (κ1) is 10.3. The van der Waals surface area contributed by atoms with Gasteiger partial charge in [0.2, 0.25) is 0 Å². The second-order valence-electron chi connectivity index (χ2n) is 4.34. The molecule has 0 aromatic heterocycles. The lowest BCUT2D eigenvalue weighted by Crippen LogP contribution is -2.19. The standard InChI is InChI=1S/C13H20N2/c1-3-5-11-8-9-14-13-10(2)6-4-7-12(13)15-11/h4,6-7,11,14-15H,3,5,8-9H2,1-2H3. The van der Waals surface area contributed by atoms with Gasteiger partial charge in [-0.3, -0.25) is 0 Å². The molecule has 1 aromatic rings. The van der Waals surface area contributed by atoms with E-state index in [1.807, 2.05) is 0 Å². The predicted molar refractivity (Wildman–Crippen MR) is 66.6 cm³/mol. The zero-order valence-electron chi connectivity index (χ0n) is 9.64. The van der Waals surface area contributed by atoms with E-state index in [4.69, 9.17) is 0 Å². The first-order valence-corrected chi connectivity index (χ1v) is 5.91. The van der Waals surface area contributed by atoms with Crippen LogP contribution in [0.15, 0.2) is 18.2 Å². The highest BCUT2D eigenvalue weighted by molar-refractivity contribution is 5.73. The number of aryl methyl sites for hydroxylation is 1. The summed E-state index contributed by atoms with van der Waals surface area (Å²) in [6.07, 6.45) is 3.72. The van der Waals surface area contributed by atoms with Crippen molar-refractivity contribution in [3.8, 4) is 0 Å². The van der Waals surface area contributed by atoms with Gasteiger partial charge in [0, 0.05) is 12.6 Å². The smallest absolute Gasteiger partial charge is 0.0605 e. The lowest BCUT2D eigenvalue weighted by atomic mass is 10.1. The number of anilines is 2. The van der Waals surface area contributed by atoms with Gasteiger partial charge < -0.3 is 10.6 Å². The van der Waals surface area contributed by atoms with Crippen molar-refractivity contribution in [2.45, 2.75) is 39.2 Å². The maximum Gasteiger partial charge on any atom is 0.0605 e. The predicted octanol–water partition coefficient (Wildman–Crippen LogP) is 3.39. The average molecular weight is 204 g/mol. The van der Waals surface area contributed by atoms with Crippen LogP contribution in [0.3, 0.4) is 0 Å². The van der Waals surface area contributed by atoms with Crippen LogP contribution in [0.4, 0.5) is 11.4 Å². The molecule has 2 nitrogen and oxygen atoms in total. The maximum absolute atomic E-state index is 3.64. The highest BCUT2D eigenvalue weighted by Crippen LogP contribution is 2.29. The summed E-state index contributed by atoms with van der Waals surface area (Å²) in [5.74, 6) is 0. The summed E-state index contributed by atoms with van der Waals surface area (Å²) in [5, 5.41) is 7.16. The third kappa shape index (κ3) is 2.25. The molecule has 2 N–H and O–H groups in total. The molecule has 1 heterocycles. The Labute approximate surface area is 92.1 Å². The number of benzene rings is 1. The van der Waals surface area contributed by atoms with Crippen molar-refractivity contribution >= 4 is 11.4 Å². The van der Waals surface area contributed by atoms with Crippen molar-refractivity contribution < 1.29 is 0 Å². The van der Waals surface area contributed by atoms with Crippen LogP contribution in [-0.4, -0.2) is 12.6 Å². The second-order valence-corrected chi connectivity index (χ2v) is 4.34. The molecular weight excluding hydrogens is 184 g/mol. The summed E-state index contributed by atoms with van der Waals surface area (Å²) >= 11 is 0. The fourth-order valence-corrected chi connectivity index (χ4v) is 2.25. The van der Waals surface area contributed by atoms with Crippen LogP contribution in [-0.2, 0) is 0 Å². The van der Waals surface area contributed by atoms with E-state index < -0.39 is 0 Å². The minimum atomic E-state index is 0.630. The zero-order chi connectivity index (χ0) is 10.7. The topological polar surface area (TPSA) is 24.1 Å². The monoisotopic (exact) mass is 204 g/mol. The molecule has 15 heavy (non-hydrogen) atoms. The van der Waals surface area contributed by atoms with Crippen LogP contribution >= 0.6 is 0 Å². The molecular formula is C13H20N2. The van der Waals surface area contributed by atoms with E-state index in [2.05, 4.69) is 42.7 Å². The van der Waals surface area contributed by atoms with Gasteiger partial charge in [-0.05, 0) is 31.4 Å². The maximum atomic E-state index is 3.64. The molecule has 1 unspecified atom stereocenters. The molecule has 0 fully saturated rings. The molecule has 1 atom stereocenters. The van der Waals surface area contributed by atoms with Crippen molar-refractivity contribution in [1.82, 2.24) is 0 Å². The summed E-state index contributed by atoms with van der Waals surface area (Å²) in [7, 11) is 0. The number of para-hydroxylation sites is 1. The Balaban J connectivity index is 2.22. The highest BCUT2D eigenvalue weighted by Gasteiger charge is 2.15. The van der Waals surface area contributed by atoms with E-state index in [-0.39, 0.29) is 0 Å². The third-order valence-corrected chi connectivity index (χ3v) is 3.06. The van der Waals surface area contributed by atoms with Gasteiger partial charge in [0.25, 0.3) is 0 Å². The van der Waals surface area contributed by atoms with Crippen LogP contribution in [0, 0.1) is 6.92 Å². The molecule has 0 bridgehead atoms. The first-order chi connectivity index (χ1) is 7.31. The molecule has 0 amide bonds. The summed E-state index contributed by atoms with van der Waals surface area (Å²) in [5.41, 5.74) is 3.89. The summed E-state index contributed by atoms with van der Waals surface area (Å²) < 4.78 is 0. The Kier molecular flexibility index (Phi) is 3.14. The number of hydrogen-bond acceptors (Lipinski definition) is 2. The Bertz CT molecular complexity index is 333. The van der Waals surface area contributed by atoms with E-state index in [0.29, 0.717) is 6.04 Å². The summed E-state index contributed by atoms with van der Waals surface area (Å²) in [6.45, 7) is 5.49. The fourth-order valence-electron chi connectivity index (χ4n) is 2.25. The van der Waals surface area contributed by atoms with Gasteiger partial charge in [0.15, 0.2) is 0 Å². The lowest BCUT2D eigenvalue weighted by Gasteiger charge is -2.16. The molecule has 0 aliphatic carbocycles. The summed E-state index contributed by atoms with van der Waals surface area (Å²) in [6, 6.07) is 7.08. The summed E-state index contributed by atoms with van der Waals surface area (Å²) in [4.78, 5) is 0. The van der Waals surface area contributed by atoms with Crippen molar-refractivity contribution in [1.29, 1.82) is 0 Å². The Morgan fingerprint density at radius 2 is 2.27 bits per heavy atom. The van der Waals surface area contributed by atoms with E-state index >= 15 is 0 Å². The van der Waals surface area contributed by atoms with Crippen LogP contribution in [0.1, 0.15) is 31.7 Å². The normalized spacial score (nSPS) is 19.7. The largest absolute Gasteiger partial charge is 0.383 e. The van der Waals surface area contributed by atoms with Crippen molar-refractivity contribution in [3.05, 3.63) is 23.8 Å². The van der Waals surface area contributed by atoms with Gasteiger partial charge in [0.05, 0.1) is 11.4 Å². The van der Waals surface area contributed by atoms with Crippen LogP contribution < -0.4 is 10.6 Å². The van der Waals surface area contributed by atoms with E-state index in [1.54, 1.807) is 0 Å². The molecule has 0 saturated carbocycles.